The van der Waals surface area contributed by atoms with Crippen molar-refractivity contribution in [2.24, 2.45) is 0 Å². The summed E-state index contributed by atoms with van der Waals surface area (Å²) in [5.41, 5.74) is 1.35. The normalized spacial score (nSPS) is 13.6. The van der Waals surface area contributed by atoms with Crippen LogP contribution in [0.15, 0.2) is 52.9 Å². The van der Waals surface area contributed by atoms with Gasteiger partial charge in [-0.1, -0.05) is 42.3 Å². The minimum absolute atomic E-state index is 0.0959. The SMILES string of the molecule is C#Cc1ccc2oc(C(=O)N3CCCCC3)nc2n1.c1ccccc1. The van der Waals surface area contributed by atoms with Crippen molar-refractivity contribution in [2.45, 2.75) is 19.3 Å². The molecule has 0 spiro atoms. The van der Waals surface area contributed by atoms with Gasteiger partial charge in [0.2, 0.25) is 5.65 Å². The fourth-order valence-corrected chi connectivity index (χ4v) is 2.61. The number of likely N-dealkylation sites (tertiary alicyclic amines) is 1. The lowest BCUT2D eigenvalue weighted by molar-refractivity contribution is 0.0686. The summed E-state index contributed by atoms with van der Waals surface area (Å²) in [7, 11) is 0. The number of nitrogens with zero attached hydrogens (tertiary/aromatic N) is 3. The molecule has 1 fully saturated rings. The first kappa shape index (κ1) is 16.7. The molecule has 0 N–H and O–H groups in total. The zero-order valence-electron chi connectivity index (χ0n) is 13.9. The van der Waals surface area contributed by atoms with E-state index in [-0.39, 0.29) is 11.8 Å². The molecule has 4 rings (SSSR count). The first-order valence-corrected chi connectivity index (χ1v) is 8.31. The van der Waals surface area contributed by atoms with Crippen LogP contribution in [0.3, 0.4) is 0 Å². The van der Waals surface area contributed by atoms with Gasteiger partial charge in [-0.15, -0.1) is 6.42 Å². The van der Waals surface area contributed by atoms with Crippen LogP contribution in [0.2, 0.25) is 0 Å². The van der Waals surface area contributed by atoms with Crippen molar-refractivity contribution >= 4 is 17.1 Å². The highest BCUT2D eigenvalue weighted by atomic mass is 16.4. The van der Waals surface area contributed by atoms with E-state index in [2.05, 4.69) is 15.9 Å². The number of benzene rings is 1. The van der Waals surface area contributed by atoms with Gasteiger partial charge in [0.25, 0.3) is 5.89 Å². The Balaban J connectivity index is 0.000000258. The molecule has 1 aromatic carbocycles. The first-order chi connectivity index (χ1) is 12.3. The number of terminal acetylenes is 1. The molecule has 0 atom stereocenters. The highest BCUT2D eigenvalue weighted by Crippen LogP contribution is 2.17. The fraction of sp³-hybridized carbons (Fsp3) is 0.250. The standard InChI is InChI=1S/C14H13N3O2.C6H6/c1-2-10-6-7-11-12(15-10)16-13(19-11)14(18)17-8-4-3-5-9-17;1-2-4-6-5-3-1/h1,6-7H,3-5,8-9H2;1-6H. The Morgan fingerprint density at radius 2 is 1.64 bits per heavy atom. The molecule has 5 nitrogen and oxygen atoms in total. The molecule has 0 aliphatic carbocycles. The van der Waals surface area contributed by atoms with Gasteiger partial charge in [0.15, 0.2) is 5.58 Å². The van der Waals surface area contributed by atoms with Crippen molar-refractivity contribution in [1.82, 2.24) is 14.9 Å². The largest absolute Gasteiger partial charge is 0.431 e. The summed E-state index contributed by atoms with van der Waals surface area (Å²) >= 11 is 0. The summed E-state index contributed by atoms with van der Waals surface area (Å²) in [6.07, 6.45) is 8.52. The van der Waals surface area contributed by atoms with Crippen LogP contribution in [-0.4, -0.2) is 33.9 Å². The van der Waals surface area contributed by atoms with Crippen LogP contribution in [0, 0.1) is 12.3 Å². The topological polar surface area (TPSA) is 59.2 Å². The predicted molar refractivity (Wildman–Crippen MR) is 95.9 cm³/mol. The summed E-state index contributed by atoms with van der Waals surface area (Å²) in [5, 5.41) is 0. The summed E-state index contributed by atoms with van der Waals surface area (Å²) < 4.78 is 5.45. The van der Waals surface area contributed by atoms with E-state index in [1.165, 1.54) is 6.42 Å². The minimum atomic E-state index is -0.167. The molecule has 2 aromatic heterocycles. The highest BCUT2D eigenvalue weighted by Gasteiger charge is 2.23. The van der Waals surface area contributed by atoms with Gasteiger partial charge in [-0.3, -0.25) is 4.79 Å². The molecule has 3 aromatic rings. The molecule has 0 unspecified atom stereocenters. The maximum absolute atomic E-state index is 12.2. The van der Waals surface area contributed by atoms with Crippen molar-refractivity contribution in [3.63, 3.8) is 0 Å². The average Bonchev–Trinajstić information content (AvgIpc) is 3.13. The molecule has 0 saturated carbocycles. The molecule has 3 heterocycles. The molecular formula is C20H19N3O2. The van der Waals surface area contributed by atoms with Crippen LogP contribution in [0.25, 0.3) is 11.2 Å². The van der Waals surface area contributed by atoms with Gasteiger partial charge in [-0.05, 0) is 31.4 Å². The number of fused-ring (bicyclic) bond motifs is 1. The second-order valence-corrected chi connectivity index (χ2v) is 5.69. The number of oxazole rings is 1. The van der Waals surface area contributed by atoms with E-state index in [1.54, 1.807) is 17.0 Å². The van der Waals surface area contributed by atoms with E-state index in [1.807, 2.05) is 36.4 Å². The summed E-state index contributed by atoms with van der Waals surface area (Å²) in [6.45, 7) is 1.53. The van der Waals surface area contributed by atoms with Crippen LogP contribution in [0.1, 0.15) is 35.6 Å². The molecule has 1 saturated heterocycles. The van der Waals surface area contributed by atoms with Gasteiger partial charge in [-0.2, -0.15) is 4.98 Å². The molecule has 1 amide bonds. The number of hydrogen-bond acceptors (Lipinski definition) is 4. The number of carbonyl (C=O) groups is 1. The molecule has 0 bridgehead atoms. The summed E-state index contributed by atoms with van der Waals surface area (Å²) in [5.74, 6) is 2.36. The van der Waals surface area contributed by atoms with Crippen LogP contribution < -0.4 is 0 Å². The second kappa shape index (κ2) is 8.11. The lowest BCUT2D eigenvalue weighted by Gasteiger charge is -2.25. The third-order valence-electron chi connectivity index (χ3n) is 3.89. The molecule has 1 aliphatic heterocycles. The molecule has 1 aliphatic rings. The van der Waals surface area contributed by atoms with Crippen molar-refractivity contribution in [3.8, 4) is 12.3 Å². The number of carbonyl (C=O) groups excluding carboxylic acids is 1. The van der Waals surface area contributed by atoms with E-state index >= 15 is 0 Å². The van der Waals surface area contributed by atoms with Gasteiger partial charge in [-0.25, -0.2) is 4.98 Å². The summed E-state index contributed by atoms with van der Waals surface area (Å²) in [6, 6.07) is 15.4. The van der Waals surface area contributed by atoms with Gasteiger partial charge < -0.3 is 9.32 Å². The van der Waals surface area contributed by atoms with Crippen molar-refractivity contribution in [3.05, 3.63) is 60.1 Å². The molecule has 5 heteroatoms. The van der Waals surface area contributed by atoms with E-state index in [9.17, 15) is 4.79 Å². The van der Waals surface area contributed by atoms with E-state index in [0.717, 1.165) is 25.9 Å². The Morgan fingerprint density at radius 1 is 1.00 bits per heavy atom. The Kier molecular flexibility index (Phi) is 5.43. The number of pyridine rings is 1. The van der Waals surface area contributed by atoms with Crippen molar-refractivity contribution in [1.29, 1.82) is 0 Å². The van der Waals surface area contributed by atoms with Crippen molar-refractivity contribution in [2.75, 3.05) is 13.1 Å². The predicted octanol–water partition coefficient (Wildman–Crippen LogP) is 3.52. The van der Waals surface area contributed by atoms with Gasteiger partial charge in [0.05, 0.1) is 0 Å². The number of rotatable bonds is 1. The van der Waals surface area contributed by atoms with Crippen LogP contribution in [-0.2, 0) is 0 Å². The lowest BCUT2D eigenvalue weighted by Crippen LogP contribution is -2.35. The third-order valence-corrected chi connectivity index (χ3v) is 3.89. The second-order valence-electron chi connectivity index (χ2n) is 5.69. The average molecular weight is 333 g/mol. The number of piperidine rings is 1. The molecular weight excluding hydrogens is 314 g/mol. The minimum Gasteiger partial charge on any atom is -0.431 e. The maximum Gasteiger partial charge on any atom is 0.309 e. The van der Waals surface area contributed by atoms with Gasteiger partial charge in [0, 0.05) is 13.1 Å². The molecule has 25 heavy (non-hydrogen) atoms. The molecule has 0 radical (unpaired) electrons. The zero-order valence-corrected chi connectivity index (χ0v) is 13.9. The van der Waals surface area contributed by atoms with E-state index in [0.29, 0.717) is 16.9 Å². The van der Waals surface area contributed by atoms with Crippen LogP contribution in [0.5, 0.6) is 0 Å². The van der Waals surface area contributed by atoms with Crippen molar-refractivity contribution < 1.29 is 9.21 Å². The Morgan fingerprint density at radius 3 is 2.24 bits per heavy atom. The van der Waals surface area contributed by atoms with Gasteiger partial charge >= 0.3 is 5.91 Å². The monoisotopic (exact) mass is 333 g/mol. The highest BCUT2D eigenvalue weighted by molar-refractivity contribution is 5.92. The number of hydrogen-bond donors (Lipinski definition) is 0. The van der Waals surface area contributed by atoms with Crippen LogP contribution in [0.4, 0.5) is 0 Å². The Bertz CT molecular complexity index is 848. The number of amides is 1. The maximum atomic E-state index is 12.2. The van der Waals surface area contributed by atoms with Crippen LogP contribution >= 0.6 is 0 Å². The smallest absolute Gasteiger partial charge is 0.309 e. The molecule has 126 valence electrons. The van der Waals surface area contributed by atoms with E-state index in [4.69, 9.17) is 10.8 Å². The zero-order chi connectivity index (χ0) is 17.5. The summed E-state index contributed by atoms with van der Waals surface area (Å²) in [4.78, 5) is 22.3. The lowest BCUT2D eigenvalue weighted by atomic mass is 10.1. The Hall–Kier alpha value is -3.13. The Labute approximate surface area is 146 Å². The third kappa shape index (κ3) is 4.24. The van der Waals surface area contributed by atoms with E-state index < -0.39 is 0 Å². The first-order valence-electron chi connectivity index (χ1n) is 8.31. The quantitative estimate of drug-likeness (QED) is 0.639. The fourth-order valence-electron chi connectivity index (χ4n) is 2.61. The number of aromatic nitrogens is 2. The van der Waals surface area contributed by atoms with Gasteiger partial charge in [0.1, 0.15) is 5.69 Å².